The van der Waals surface area contributed by atoms with Crippen molar-refractivity contribution in [3.8, 4) is 5.88 Å². The topological polar surface area (TPSA) is 66.4 Å². The highest BCUT2D eigenvalue weighted by Gasteiger charge is 2.30. The summed E-state index contributed by atoms with van der Waals surface area (Å²) < 4.78 is 40.1. The maximum Gasteiger partial charge on any atom is 0.213 e. The van der Waals surface area contributed by atoms with Gasteiger partial charge < -0.3 is 14.2 Å². The highest BCUT2D eigenvalue weighted by atomic mass is 35.5. The Morgan fingerprint density at radius 2 is 1.11 bits per heavy atom. The monoisotopic (exact) mass is 996 g/mol. The first-order valence-corrected chi connectivity index (χ1v) is 25.8. The molecule has 6 aromatic rings. The van der Waals surface area contributed by atoms with E-state index in [0.29, 0.717) is 36.3 Å². The molecule has 1 aliphatic carbocycles. The van der Waals surface area contributed by atoms with Crippen LogP contribution in [0, 0.1) is 79.0 Å². The molecule has 3 aliphatic rings. The van der Waals surface area contributed by atoms with Crippen molar-refractivity contribution in [3.05, 3.63) is 191 Å². The molecule has 0 radical (unpaired) electrons. The van der Waals surface area contributed by atoms with E-state index in [-0.39, 0.29) is 11.2 Å². The fourth-order valence-electron chi connectivity index (χ4n) is 7.02. The molecule has 1 saturated carbocycles. The first kappa shape index (κ1) is 64.0. The van der Waals surface area contributed by atoms with Gasteiger partial charge in [-0.05, 0) is 135 Å². The zero-order chi connectivity index (χ0) is 52.9. The summed E-state index contributed by atoms with van der Waals surface area (Å²) in [5.41, 5.74) is 8.93. The van der Waals surface area contributed by atoms with Crippen LogP contribution in [0.1, 0.15) is 124 Å². The minimum Gasteiger partial charge on any atom is -0.481 e. The molecule has 71 heavy (non-hydrogen) atoms. The van der Waals surface area contributed by atoms with Gasteiger partial charge in [-0.25, -0.2) is 13.8 Å². The number of aromatic nitrogens is 3. The number of aryl methyl sites for hydroxylation is 8. The van der Waals surface area contributed by atoms with E-state index in [9.17, 15) is 8.78 Å². The Hall–Kier alpha value is -5.02. The minimum absolute atomic E-state index is 0.132. The molecule has 9 rings (SSSR count). The van der Waals surface area contributed by atoms with E-state index in [1.54, 1.807) is 32.4 Å². The Morgan fingerprint density at radius 1 is 0.577 bits per heavy atom. The number of hydrogen-bond acceptors (Lipinski definition) is 6. The normalized spacial score (nSPS) is 18.7. The van der Waals surface area contributed by atoms with Crippen LogP contribution in [0.2, 0.25) is 0 Å². The third-order valence-electron chi connectivity index (χ3n) is 11.3. The van der Waals surface area contributed by atoms with E-state index in [1.807, 2.05) is 107 Å². The maximum absolute atomic E-state index is 12.9. The number of pyridine rings is 3. The van der Waals surface area contributed by atoms with Crippen LogP contribution in [0.3, 0.4) is 0 Å². The molecule has 5 heterocycles. The van der Waals surface area contributed by atoms with E-state index in [1.165, 1.54) is 61.8 Å². The van der Waals surface area contributed by atoms with E-state index in [2.05, 4.69) is 92.9 Å². The second-order valence-corrected chi connectivity index (χ2v) is 19.5. The number of halogens is 3. The molecule has 0 spiro atoms. The van der Waals surface area contributed by atoms with Crippen LogP contribution in [0.15, 0.2) is 140 Å². The lowest BCUT2D eigenvalue weighted by molar-refractivity contribution is -0.169. The SMILES string of the molecule is CC1CCCCC1.COc1cccc(C)n1.C[C@@H]1CCOC(C)(F)C1.C[C@@H]1CCOCC1Cl.Cc1cccc(C)c1.Cc1cccc(C)n1.Cc1ccccc1.Cc1ccccc1F.Cc1ccccn1. The molecule has 0 amide bonds. The molecule has 2 unspecified atom stereocenters. The van der Waals surface area contributed by atoms with Gasteiger partial charge in [0.1, 0.15) is 5.82 Å². The number of hydrogen-bond donors (Lipinski definition) is 0. The van der Waals surface area contributed by atoms with E-state index in [4.69, 9.17) is 25.8 Å². The summed E-state index contributed by atoms with van der Waals surface area (Å²) in [5.74, 6) is 1.35. The molecule has 0 bridgehead atoms. The third-order valence-corrected chi connectivity index (χ3v) is 11.9. The van der Waals surface area contributed by atoms with Gasteiger partial charge in [0.05, 0.1) is 25.7 Å². The van der Waals surface area contributed by atoms with Crippen molar-refractivity contribution in [2.24, 2.45) is 17.8 Å². The van der Waals surface area contributed by atoms with Crippen LogP contribution in [0.5, 0.6) is 5.88 Å². The number of nitrogens with zero attached hydrogens (tertiary/aromatic N) is 3. The van der Waals surface area contributed by atoms with E-state index in [0.717, 1.165) is 54.7 Å². The van der Waals surface area contributed by atoms with Gasteiger partial charge in [-0.2, -0.15) is 0 Å². The van der Waals surface area contributed by atoms with Crippen LogP contribution in [0.25, 0.3) is 0 Å². The average molecular weight is 997 g/mol. The summed E-state index contributed by atoms with van der Waals surface area (Å²) in [6.07, 6.45) is 11.9. The lowest BCUT2D eigenvalue weighted by Gasteiger charge is -2.29. The number of methoxy groups -OCH3 is 1. The first-order valence-electron chi connectivity index (χ1n) is 25.4. The molecule has 0 N–H and O–H groups in total. The number of ether oxygens (including phenoxy) is 3. The van der Waals surface area contributed by atoms with Crippen LogP contribution in [-0.4, -0.2) is 53.1 Å². The quantitative estimate of drug-likeness (QED) is 0.153. The second kappa shape index (κ2) is 38.6. The second-order valence-electron chi connectivity index (χ2n) is 18.9. The smallest absolute Gasteiger partial charge is 0.213 e. The first-order chi connectivity index (χ1) is 33.8. The van der Waals surface area contributed by atoms with Crippen LogP contribution in [0.4, 0.5) is 8.78 Å². The zero-order valence-electron chi connectivity index (χ0n) is 45.6. The van der Waals surface area contributed by atoms with Crippen LogP contribution >= 0.6 is 11.6 Å². The van der Waals surface area contributed by atoms with Crippen LogP contribution < -0.4 is 4.74 Å². The van der Waals surface area contributed by atoms with Crippen molar-refractivity contribution in [1.29, 1.82) is 0 Å². The summed E-state index contributed by atoms with van der Waals surface area (Å²) in [5, 5.41) is 0.253. The molecule has 9 heteroatoms. The van der Waals surface area contributed by atoms with Gasteiger partial charge in [-0.1, -0.05) is 161 Å². The van der Waals surface area contributed by atoms with Crippen molar-refractivity contribution < 1.29 is 23.0 Å². The van der Waals surface area contributed by atoms with Crippen molar-refractivity contribution >= 4 is 11.6 Å². The Labute approximate surface area is 434 Å². The summed E-state index contributed by atoms with van der Waals surface area (Å²) in [7, 11) is 1.61. The largest absolute Gasteiger partial charge is 0.481 e. The fraction of sp³-hybridized carbons (Fsp3) is 0.468. The molecule has 3 aromatic heterocycles. The molecule has 6 nitrogen and oxygen atoms in total. The predicted molar refractivity (Wildman–Crippen MR) is 297 cm³/mol. The zero-order valence-corrected chi connectivity index (χ0v) is 46.3. The molecule has 4 atom stereocenters. The molecule has 390 valence electrons. The Bertz CT molecular complexity index is 2060. The summed E-state index contributed by atoms with van der Waals surface area (Å²) in [4.78, 5) is 12.2. The van der Waals surface area contributed by atoms with Gasteiger partial charge in [0.2, 0.25) is 11.7 Å². The maximum atomic E-state index is 12.9. The van der Waals surface area contributed by atoms with Crippen molar-refractivity contribution in [2.45, 2.75) is 146 Å². The highest BCUT2D eigenvalue weighted by Crippen LogP contribution is 2.29. The van der Waals surface area contributed by atoms with Gasteiger partial charge in [-0.3, -0.25) is 9.97 Å². The fourth-order valence-corrected chi connectivity index (χ4v) is 7.24. The van der Waals surface area contributed by atoms with Gasteiger partial charge in [0.15, 0.2) is 0 Å². The number of benzene rings is 3. The third kappa shape index (κ3) is 35.7. The Kier molecular flexibility index (Phi) is 34.8. The van der Waals surface area contributed by atoms with E-state index < -0.39 is 5.85 Å². The Balaban J connectivity index is 0.000000400. The molecule has 2 aliphatic heterocycles. The molecule has 2 saturated heterocycles. The van der Waals surface area contributed by atoms with Crippen molar-refractivity contribution in [3.63, 3.8) is 0 Å². The lowest BCUT2D eigenvalue weighted by Crippen LogP contribution is -2.31. The molecule has 3 aromatic carbocycles. The van der Waals surface area contributed by atoms with Crippen LogP contribution in [-0.2, 0) is 9.47 Å². The van der Waals surface area contributed by atoms with Gasteiger partial charge in [0, 0.05) is 48.1 Å². The highest BCUT2D eigenvalue weighted by molar-refractivity contribution is 6.20. The average Bonchev–Trinajstić information content (AvgIpc) is 3.33. The molecule has 3 fully saturated rings. The standard InChI is InChI=1S/C8H10.C7H13FO.C7H7F.C7H9NO.C7H9N.C7H14.C7H8.C6H11ClO.C6H7N/c1-7-4-3-5-8(2)6-7;1-6-3-4-9-7(2,8)5-6;1-6-4-2-3-5-7(6)8;1-6-4-3-5-7(8-6)9-2;1-6-4-3-5-7(2)8-6;2*1-7-5-3-2-4-6-7;1-5-2-3-8-4-6(5)7;1-6-4-2-3-5-7-6/h3-6H,1-2H3;6H,3-5H2,1-2H3;2-5H,1H3;3-5H,1-2H3;3-5H,1-2H3;7H,2-6H2,1H3;2-6H,1H3;5-6H,2-4H2,1H3;2-5H,1H3/t;6-,7?;;;;;;5-,6?;/m.1.....1./s1. The summed E-state index contributed by atoms with van der Waals surface area (Å²) >= 11 is 5.84. The number of rotatable bonds is 1. The number of alkyl halides is 2. The van der Waals surface area contributed by atoms with Crippen molar-refractivity contribution in [1.82, 2.24) is 15.0 Å². The minimum atomic E-state index is -1.35. The summed E-state index contributed by atoms with van der Waals surface area (Å²) in [6.45, 7) is 26.2. The van der Waals surface area contributed by atoms with Crippen molar-refractivity contribution in [2.75, 3.05) is 26.9 Å². The summed E-state index contributed by atoms with van der Waals surface area (Å²) in [6, 6.07) is 42.9. The Morgan fingerprint density at radius 3 is 1.42 bits per heavy atom. The van der Waals surface area contributed by atoms with Gasteiger partial charge in [-0.15, -0.1) is 11.6 Å². The predicted octanol–water partition coefficient (Wildman–Crippen LogP) is 17.3. The van der Waals surface area contributed by atoms with Gasteiger partial charge in [0.25, 0.3) is 0 Å². The lowest BCUT2D eigenvalue weighted by atomic mass is 9.91. The molecular formula is C62H88ClF2N3O3. The van der Waals surface area contributed by atoms with E-state index >= 15 is 0 Å². The molecular weight excluding hydrogens is 908 g/mol. The van der Waals surface area contributed by atoms with Gasteiger partial charge >= 0.3 is 0 Å².